The van der Waals surface area contributed by atoms with Crippen LogP contribution in [0.1, 0.15) is 5.56 Å². The highest BCUT2D eigenvalue weighted by Gasteiger charge is 2.31. The lowest BCUT2D eigenvalue weighted by molar-refractivity contribution is -0.137. The number of rotatable bonds is 6. The molecule has 12 heteroatoms. The first-order valence-electron chi connectivity index (χ1n) is 8.46. The van der Waals surface area contributed by atoms with Crippen LogP contribution in [0.25, 0.3) is 5.69 Å². The van der Waals surface area contributed by atoms with Crippen LogP contribution < -0.4 is 5.32 Å². The lowest BCUT2D eigenvalue weighted by atomic mass is 10.1. The number of carbonyl (C=O) groups is 1. The Balaban J connectivity index is 1.85. The first-order valence-corrected chi connectivity index (χ1v) is 9.90. The van der Waals surface area contributed by atoms with Crippen molar-refractivity contribution in [3.8, 4) is 5.69 Å². The van der Waals surface area contributed by atoms with Gasteiger partial charge in [0.1, 0.15) is 4.90 Å². The van der Waals surface area contributed by atoms with Crippen molar-refractivity contribution in [1.29, 1.82) is 0 Å². The van der Waals surface area contributed by atoms with Gasteiger partial charge >= 0.3 is 6.18 Å². The molecule has 2 aromatic heterocycles. The molecule has 0 bridgehead atoms. The van der Waals surface area contributed by atoms with E-state index in [0.717, 1.165) is 22.6 Å². The summed E-state index contributed by atoms with van der Waals surface area (Å²) in [5.74, 6) is -0.822. The number of pyridine rings is 1. The van der Waals surface area contributed by atoms with Gasteiger partial charge in [-0.2, -0.15) is 22.6 Å². The molecule has 0 aliphatic heterocycles. The zero-order valence-corrected chi connectivity index (χ0v) is 16.4. The van der Waals surface area contributed by atoms with Crippen molar-refractivity contribution >= 4 is 21.6 Å². The third kappa shape index (κ3) is 4.66. The smallest absolute Gasteiger partial charge is 0.323 e. The molecule has 3 rings (SSSR count). The second kappa shape index (κ2) is 8.24. The van der Waals surface area contributed by atoms with E-state index < -0.39 is 34.2 Å². The number of halogens is 3. The molecule has 3 aromatic rings. The predicted molar refractivity (Wildman–Crippen MR) is 101 cm³/mol. The van der Waals surface area contributed by atoms with E-state index in [1.807, 2.05) is 0 Å². The summed E-state index contributed by atoms with van der Waals surface area (Å²) in [6.45, 7) is -0.619. The first-order chi connectivity index (χ1) is 14.1. The summed E-state index contributed by atoms with van der Waals surface area (Å²) in [4.78, 5) is 16.1. The van der Waals surface area contributed by atoms with E-state index in [1.165, 1.54) is 48.5 Å². The van der Waals surface area contributed by atoms with E-state index in [-0.39, 0.29) is 16.3 Å². The second-order valence-electron chi connectivity index (χ2n) is 6.18. The third-order valence-corrected chi connectivity index (χ3v) is 5.84. The summed E-state index contributed by atoms with van der Waals surface area (Å²) in [6.07, 6.45) is 0.833. The number of aromatic nitrogens is 3. The topological polar surface area (TPSA) is 97.2 Å². The van der Waals surface area contributed by atoms with Crippen LogP contribution in [0.15, 0.2) is 66.1 Å². The maximum absolute atomic E-state index is 13.1. The number of sulfonamides is 1. The molecule has 0 aliphatic rings. The minimum Gasteiger partial charge on any atom is -0.323 e. The monoisotopic (exact) mass is 439 g/mol. The minimum absolute atomic E-state index is 0.114. The summed E-state index contributed by atoms with van der Waals surface area (Å²) in [5, 5.41) is 6.30. The van der Waals surface area contributed by atoms with Gasteiger partial charge in [0.2, 0.25) is 15.9 Å². The van der Waals surface area contributed by atoms with E-state index in [2.05, 4.69) is 15.4 Å². The fraction of sp³-hybridized carbons (Fsp3) is 0.167. The summed E-state index contributed by atoms with van der Waals surface area (Å²) in [7, 11) is -2.82. The fourth-order valence-corrected chi connectivity index (χ4v) is 3.67. The number of nitrogens with zero attached hydrogens (tertiary/aromatic N) is 4. The highest BCUT2D eigenvalue weighted by Crippen LogP contribution is 2.33. The van der Waals surface area contributed by atoms with Crippen molar-refractivity contribution in [2.75, 3.05) is 18.9 Å². The van der Waals surface area contributed by atoms with E-state index in [0.29, 0.717) is 0 Å². The molecule has 0 aliphatic carbocycles. The third-order valence-electron chi connectivity index (χ3n) is 4.06. The summed E-state index contributed by atoms with van der Waals surface area (Å²) >= 11 is 0. The average Bonchev–Trinajstić information content (AvgIpc) is 3.22. The molecule has 0 unspecified atom stereocenters. The van der Waals surface area contributed by atoms with Gasteiger partial charge in [-0.15, -0.1) is 0 Å². The summed E-state index contributed by atoms with van der Waals surface area (Å²) in [6, 6.07) is 7.12. The van der Waals surface area contributed by atoms with E-state index in [1.54, 1.807) is 6.07 Å². The molecule has 0 spiro atoms. The van der Waals surface area contributed by atoms with Gasteiger partial charge in [0, 0.05) is 31.8 Å². The Hall–Kier alpha value is -3.25. The van der Waals surface area contributed by atoms with Crippen LogP contribution in [0.2, 0.25) is 0 Å². The average molecular weight is 439 g/mol. The minimum atomic E-state index is -4.62. The highest BCUT2D eigenvalue weighted by atomic mass is 32.2. The normalized spacial score (nSPS) is 12.2. The van der Waals surface area contributed by atoms with Crippen LogP contribution in [0.5, 0.6) is 0 Å². The number of hydrogen-bond acceptors (Lipinski definition) is 5. The zero-order chi connectivity index (χ0) is 21.9. The second-order valence-corrected chi connectivity index (χ2v) is 8.22. The van der Waals surface area contributed by atoms with Crippen molar-refractivity contribution in [1.82, 2.24) is 19.1 Å². The van der Waals surface area contributed by atoms with Gasteiger partial charge in [0.15, 0.2) is 0 Å². The molecular weight excluding hydrogens is 423 g/mol. The number of benzene rings is 1. The Labute approximate surface area is 170 Å². The molecule has 1 amide bonds. The van der Waals surface area contributed by atoms with E-state index >= 15 is 0 Å². The zero-order valence-electron chi connectivity index (χ0n) is 15.5. The molecule has 1 N–H and O–H groups in total. The summed E-state index contributed by atoms with van der Waals surface area (Å²) < 4.78 is 66.4. The van der Waals surface area contributed by atoms with Gasteiger partial charge in [-0.1, -0.05) is 0 Å². The number of alkyl halides is 3. The predicted octanol–water partition coefficient (Wildman–Crippen LogP) is 2.55. The van der Waals surface area contributed by atoms with Gasteiger partial charge in [0.05, 0.1) is 23.5 Å². The molecule has 0 atom stereocenters. The Bertz CT molecular complexity index is 1130. The number of anilines is 1. The van der Waals surface area contributed by atoms with Crippen LogP contribution in [0, 0.1) is 0 Å². The quantitative estimate of drug-likeness (QED) is 0.637. The van der Waals surface area contributed by atoms with Gasteiger partial charge < -0.3 is 5.32 Å². The summed E-state index contributed by atoms with van der Waals surface area (Å²) in [5.41, 5.74) is -0.935. The number of hydrogen-bond donors (Lipinski definition) is 1. The number of amides is 1. The molecular formula is C18H16F3N5O3S. The van der Waals surface area contributed by atoms with Crippen LogP contribution in [0.3, 0.4) is 0 Å². The van der Waals surface area contributed by atoms with Crippen LogP contribution in [0.4, 0.5) is 18.9 Å². The fourth-order valence-electron chi connectivity index (χ4n) is 2.58. The lowest BCUT2D eigenvalue weighted by Gasteiger charge is -2.18. The molecule has 0 saturated carbocycles. The largest absolute Gasteiger partial charge is 0.416 e. The number of nitrogens with one attached hydrogen (secondary N) is 1. The molecule has 30 heavy (non-hydrogen) atoms. The lowest BCUT2D eigenvalue weighted by Crippen LogP contribution is -2.35. The standard InChI is InChI=1S/C18H16F3N5O3S/c1-25(30(28,29)14-4-2-7-22-11-14)12-17(27)24-15-10-13(18(19,20)21)5-6-16(15)26-9-3-8-23-26/h2-11H,12H2,1H3,(H,24,27). The van der Waals surface area contributed by atoms with E-state index in [4.69, 9.17) is 0 Å². The van der Waals surface area contributed by atoms with Crippen molar-refractivity contribution in [2.24, 2.45) is 0 Å². The van der Waals surface area contributed by atoms with Crippen molar-refractivity contribution in [2.45, 2.75) is 11.1 Å². The molecule has 0 saturated heterocycles. The van der Waals surface area contributed by atoms with Gasteiger partial charge in [0.25, 0.3) is 0 Å². The van der Waals surface area contributed by atoms with Crippen molar-refractivity contribution < 1.29 is 26.4 Å². The molecule has 2 heterocycles. The molecule has 158 valence electrons. The van der Waals surface area contributed by atoms with Crippen molar-refractivity contribution in [3.63, 3.8) is 0 Å². The van der Waals surface area contributed by atoms with Crippen LogP contribution in [-0.4, -0.2) is 47.0 Å². The maximum atomic E-state index is 13.1. The Morgan fingerprint density at radius 1 is 1.20 bits per heavy atom. The first kappa shape index (κ1) is 21.5. The maximum Gasteiger partial charge on any atom is 0.416 e. The van der Waals surface area contributed by atoms with E-state index in [9.17, 15) is 26.4 Å². The molecule has 8 nitrogen and oxygen atoms in total. The number of likely N-dealkylation sites (N-methyl/N-ethyl adjacent to an activating group) is 1. The molecule has 1 aromatic carbocycles. The van der Waals surface area contributed by atoms with Crippen LogP contribution >= 0.6 is 0 Å². The number of carbonyl (C=O) groups excluding carboxylic acids is 1. The Morgan fingerprint density at radius 3 is 2.57 bits per heavy atom. The Morgan fingerprint density at radius 2 is 1.97 bits per heavy atom. The van der Waals surface area contributed by atoms with Crippen LogP contribution in [-0.2, 0) is 21.0 Å². The highest BCUT2D eigenvalue weighted by molar-refractivity contribution is 7.89. The SMILES string of the molecule is CN(CC(=O)Nc1cc(C(F)(F)F)ccc1-n1cccn1)S(=O)(=O)c1cccnc1. The Kier molecular flexibility index (Phi) is 5.89. The van der Waals surface area contributed by atoms with Gasteiger partial charge in [-0.05, 0) is 36.4 Å². The molecule has 0 radical (unpaired) electrons. The van der Waals surface area contributed by atoms with Gasteiger partial charge in [-0.3, -0.25) is 9.78 Å². The molecule has 0 fully saturated rings. The van der Waals surface area contributed by atoms with Gasteiger partial charge in [-0.25, -0.2) is 13.1 Å². The van der Waals surface area contributed by atoms with Crippen molar-refractivity contribution in [3.05, 3.63) is 66.7 Å².